The van der Waals surface area contributed by atoms with Crippen LogP contribution in [0.1, 0.15) is 28.3 Å². The smallest absolute Gasteiger partial charge is 0.128 e. The fourth-order valence-corrected chi connectivity index (χ4v) is 4.97. The summed E-state index contributed by atoms with van der Waals surface area (Å²) < 4.78 is 16.0. The molecule has 1 nitrogen and oxygen atoms in total. The number of halogens is 3. The van der Waals surface area contributed by atoms with Crippen LogP contribution < -0.4 is 5.73 Å². The topological polar surface area (TPSA) is 26.0 Å². The van der Waals surface area contributed by atoms with E-state index in [2.05, 4.69) is 31.9 Å². The average Bonchev–Trinajstić information content (AvgIpc) is 2.56. The first kappa shape index (κ1) is 14.2. The molecule has 1 aromatic carbocycles. The molecule has 0 fully saturated rings. The molecular weight excluding hydrogens is 381 g/mol. The Labute approximate surface area is 126 Å². The molecule has 0 saturated carbocycles. The molecule has 2 aromatic rings. The van der Waals surface area contributed by atoms with Crippen LogP contribution >= 0.6 is 43.2 Å². The summed E-state index contributed by atoms with van der Waals surface area (Å²) in [7, 11) is 0. The van der Waals surface area contributed by atoms with Crippen molar-refractivity contribution in [3.8, 4) is 0 Å². The summed E-state index contributed by atoms with van der Waals surface area (Å²) in [5.41, 5.74) is 9.45. The zero-order chi connectivity index (χ0) is 13.4. The van der Waals surface area contributed by atoms with E-state index in [0.29, 0.717) is 5.56 Å². The molecule has 1 aromatic heterocycles. The lowest BCUT2D eigenvalue weighted by atomic mass is 9.95. The van der Waals surface area contributed by atoms with Gasteiger partial charge in [-0.2, -0.15) is 0 Å². The fourth-order valence-electron chi connectivity index (χ4n) is 2.04. The highest BCUT2D eigenvalue weighted by Crippen LogP contribution is 2.38. The number of hydrogen-bond donors (Lipinski definition) is 1. The fraction of sp³-hybridized carbons (Fsp3) is 0.231. The Hall–Kier alpha value is -0.230. The monoisotopic (exact) mass is 391 g/mol. The summed E-state index contributed by atoms with van der Waals surface area (Å²) in [6, 6.07) is 4.95. The predicted octanol–water partition coefficient (Wildman–Crippen LogP) is 5.08. The third-order valence-corrected chi connectivity index (χ3v) is 5.20. The Kier molecular flexibility index (Phi) is 4.26. The molecule has 96 valence electrons. The Balaban J connectivity index is 2.52. The van der Waals surface area contributed by atoms with Crippen molar-refractivity contribution in [1.29, 1.82) is 0 Å². The summed E-state index contributed by atoms with van der Waals surface area (Å²) in [4.78, 5) is 0. The highest BCUT2D eigenvalue weighted by atomic mass is 79.9. The molecule has 0 saturated heterocycles. The van der Waals surface area contributed by atoms with Crippen molar-refractivity contribution in [3.05, 3.63) is 53.8 Å². The SMILES string of the molecule is Cc1cc(C)c(C(N)c2cc(Br)sc2Br)c(F)c1. The largest absolute Gasteiger partial charge is 0.320 e. The van der Waals surface area contributed by atoms with E-state index < -0.39 is 6.04 Å². The maximum Gasteiger partial charge on any atom is 0.128 e. The number of nitrogens with two attached hydrogens (primary N) is 1. The summed E-state index contributed by atoms with van der Waals surface area (Å²) in [5.74, 6) is -0.241. The second-order valence-electron chi connectivity index (χ2n) is 4.23. The molecular formula is C13H12Br2FNS. The van der Waals surface area contributed by atoms with Crippen molar-refractivity contribution in [3.63, 3.8) is 0 Å². The second kappa shape index (κ2) is 5.41. The van der Waals surface area contributed by atoms with E-state index in [1.165, 1.54) is 17.4 Å². The van der Waals surface area contributed by atoms with Crippen molar-refractivity contribution in [2.75, 3.05) is 0 Å². The zero-order valence-electron chi connectivity index (χ0n) is 9.93. The van der Waals surface area contributed by atoms with Gasteiger partial charge in [0.05, 0.1) is 13.6 Å². The van der Waals surface area contributed by atoms with Gasteiger partial charge in [0.15, 0.2) is 0 Å². The van der Waals surface area contributed by atoms with Gasteiger partial charge in [-0.3, -0.25) is 0 Å². The van der Waals surface area contributed by atoms with Gasteiger partial charge in [0.1, 0.15) is 5.82 Å². The van der Waals surface area contributed by atoms with Crippen LogP contribution in [0.5, 0.6) is 0 Å². The van der Waals surface area contributed by atoms with Crippen molar-refractivity contribution in [2.45, 2.75) is 19.9 Å². The highest BCUT2D eigenvalue weighted by molar-refractivity contribution is 9.12. The van der Waals surface area contributed by atoms with Crippen molar-refractivity contribution in [2.24, 2.45) is 5.73 Å². The van der Waals surface area contributed by atoms with Crippen LogP contribution in [0.4, 0.5) is 4.39 Å². The van der Waals surface area contributed by atoms with E-state index in [-0.39, 0.29) is 5.82 Å². The van der Waals surface area contributed by atoms with Crippen molar-refractivity contribution >= 4 is 43.2 Å². The van der Waals surface area contributed by atoms with Crippen LogP contribution in [-0.4, -0.2) is 0 Å². The van der Waals surface area contributed by atoms with Crippen molar-refractivity contribution in [1.82, 2.24) is 0 Å². The van der Waals surface area contributed by atoms with E-state index in [1.807, 2.05) is 26.0 Å². The number of benzene rings is 1. The van der Waals surface area contributed by atoms with Crippen LogP contribution in [0.25, 0.3) is 0 Å². The van der Waals surface area contributed by atoms with Gasteiger partial charge < -0.3 is 5.73 Å². The van der Waals surface area contributed by atoms with Gasteiger partial charge >= 0.3 is 0 Å². The lowest BCUT2D eigenvalue weighted by Gasteiger charge is -2.16. The Morgan fingerprint density at radius 2 is 1.89 bits per heavy atom. The van der Waals surface area contributed by atoms with Crippen LogP contribution in [0, 0.1) is 19.7 Å². The molecule has 0 aliphatic carbocycles. The quantitative estimate of drug-likeness (QED) is 0.757. The lowest BCUT2D eigenvalue weighted by Crippen LogP contribution is -2.15. The van der Waals surface area contributed by atoms with E-state index in [4.69, 9.17) is 5.73 Å². The molecule has 1 atom stereocenters. The van der Waals surface area contributed by atoms with E-state index in [0.717, 1.165) is 24.3 Å². The van der Waals surface area contributed by atoms with Gasteiger partial charge in [-0.15, -0.1) is 11.3 Å². The molecule has 0 aliphatic rings. The van der Waals surface area contributed by atoms with Crippen molar-refractivity contribution < 1.29 is 4.39 Å². The second-order valence-corrected chi connectivity index (χ2v) is 7.98. The third kappa shape index (κ3) is 2.69. The molecule has 0 amide bonds. The summed E-state index contributed by atoms with van der Waals surface area (Å²) in [5, 5.41) is 0. The highest BCUT2D eigenvalue weighted by Gasteiger charge is 2.20. The Bertz CT molecular complexity index is 572. The molecule has 5 heteroatoms. The summed E-state index contributed by atoms with van der Waals surface area (Å²) >= 11 is 8.41. The number of thiophene rings is 1. The van der Waals surface area contributed by atoms with E-state index in [9.17, 15) is 4.39 Å². The Morgan fingerprint density at radius 3 is 2.39 bits per heavy atom. The minimum Gasteiger partial charge on any atom is -0.320 e. The first-order valence-electron chi connectivity index (χ1n) is 5.37. The molecule has 1 heterocycles. The van der Waals surface area contributed by atoms with Crippen LogP contribution in [0.2, 0.25) is 0 Å². The third-order valence-electron chi connectivity index (χ3n) is 2.81. The molecule has 18 heavy (non-hydrogen) atoms. The van der Waals surface area contributed by atoms with Crippen LogP contribution in [-0.2, 0) is 0 Å². The van der Waals surface area contributed by atoms with Gasteiger partial charge in [0.2, 0.25) is 0 Å². The predicted molar refractivity (Wildman–Crippen MR) is 81.6 cm³/mol. The zero-order valence-corrected chi connectivity index (χ0v) is 13.9. The maximum atomic E-state index is 14.1. The van der Waals surface area contributed by atoms with Gasteiger partial charge in [-0.25, -0.2) is 4.39 Å². The first-order chi connectivity index (χ1) is 8.40. The molecule has 0 bridgehead atoms. The minimum atomic E-state index is -0.456. The molecule has 0 spiro atoms. The minimum absolute atomic E-state index is 0.241. The number of hydrogen-bond acceptors (Lipinski definition) is 2. The van der Waals surface area contributed by atoms with Gasteiger partial charge in [0.25, 0.3) is 0 Å². The molecule has 1 unspecified atom stereocenters. The van der Waals surface area contributed by atoms with E-state index >= 15 is 0 Å². The van der Waals surface area contributed by atoms with Gasteiger partial charge in [-0.05, 0) is 74.5 Å². The lowest BCUT2D eigenvalue weighted by molar-refractivity contribution is 0.596. The van der Waals surface area contributed by atoms with Crippen LogP contribution in [0.3, 0.4) is 0 Å². The van der Waals surface area contributed by atoms with Crippen LogP contribution in [0.15, 0.2) is 25.8 Å². The Morgan fingerprint density at radius 1 is 1.22 bits per heavy atom. The molecule has 2 N–H and O–H groups in total. The molecule has 2 rings (SSSR count). The number of aryl methyl sites for hydroxylation is 2. The van der Waals surface area contributed by atoms with Gasteiger partial charge in [-0.1, -0.05) is 6.07 Å². The average molecular weight is 393 g/mol. The normalized spacial score (nSPS) is 12.8. The molecule has 0 radical (unpaired) electrons. The standard InChI is InChI=1S/C13H12Br2FNS/c1-6-3-7(2)11(9(16)4-6)12(17)8-5-10(14)18-13(8)15/h3-5,12H,17H2,1-2H3. The van der Waals surface area contributed by atoms with E-state index in [1.54, 1.807) is 0 Å². The van der Waals surface area contributed by atoms with Gasteiger partial charge in [0, 0.05) is 5.56 Å². The molecule has 0 aliphatic heterocycles. The maximum absolute atomic E-state index is 14.1. The summed E-state index contributed by atoms with van der Waals surface area (Å²) in [6.07, 6.45) is 0. The first-order valence-corrected chi connectivity index (χ1v) is 7.77. The summed E-state index contributed by atoms with van der Waals surface area (Å²) in [6.45, 7) is 3.77. The number of rotatable bonds is 2.